The number of nitrogens with one attached hydrogen (secondary N) is 1. The van der Waals surface area contributed by atoms with E-state index in [4.69, 9.17) is 22.1 Å². The summed E-state index contributed by atoms with van der Waals surface area (Å²) < 4.78 is 32.1. The van der Waals surface area contributed by atoms with Gasteiger partial charge in [0.1, 0.15) is 5.60 Å². The average molecular weight is 386 g/mol. The van der Waals surface area contributed by atoms with Crippen LogP contribution in [0.15, 0.2) is 21.5 Å². The summed E-state index contributed by atoms with van der Waals surface area (Å²) in [6.07, 6.45) is 0.383. The van der Waals surface area contributed by atoms with Crippen LogP contribution in [0.1, 0.15) is 6.42 Å². The van der Waals surface area contributed by atoms with Crippen LogP contribution in [0.25, 0.3) is 0 Å². The third-order valence-electron chi connectivity index (χ3n) is 3.00. The van der Waals surface area contributed by atoms with Gasteiger partial charge < -0.3 is 15.6 Å². The highest BCUT2D eigenvalue weighted by Gasteiger charge is 2.34. The number of aliphatic hydroxyl groups is 1. The predicted molar refractivity (Wildman–Crippen MR) is 79.1 cm³/mol. The number of halogens is 2. The van der Waals surface area contributed by atoms with Crippen molar-refractivity contribution < 1.29 is 18.3 Å². The number of ether oxygens (including phenoxy) is 1. The van der Waals surface area contributed by atoms with Gasteiger partial charge in [-0.15, -0.1) is 0 Å². The first-order valence-electron chi connectivity index (χ1n) is 5.78. The Morgan fingerprint density at radius 3 is 2.85 bits per heavy atom. The summed E-state index contributed by atoms with van der Waals surface area (Å²) in [6.45, 7) is 0.384. The van der Waals surface area contributed by atoms with E-state index in [0.717, 1.165) is 0 Å². The number of nitrogens with two attached hydrogens (primary N) is 1. The third-order valence-corrected chi connectivity index (χ3v) is 5.79. The SMILES string of the molecule is Nc1cc(Cl)cc(S(=O)(=O)NCC2(O)CCOC2)c1Br. The summed E-state index contributed by atoms with van der Waals surface area (Å²) in [5, 5.41) is 10.3. The normalized spacial score (nSPS) is 23.1. The van der Waals surface area contributed by atoms with Crippen molar-refractivity contribution in [1.82, 2.24) is 4.72 Å². The Balaban J connectivity index is 2.22. The minimum absolute atomic E-state index is 0.0648. The summed E-state index contributed by atoms with van der Waals surface area (Å²) in [5.74, 6) is 0. The molecule has 1 aliphatic rings. The van der Waals surface area contributed by atoms with E-state index < -0.39 is 15.6 Å². The predicted octanol–water partition coefficient (Wildman–Crippen LogP) is 1.11. The van der Waals surface area contributed by atoms with Gasteiger partial charge in [0.05, 0.1) is 16.0 Å². The fourth-order valence-corrected chi connectivity index (χ4v) is 4.23. The van der Waals surface area contributed by atoms with Gasteiger partial charge in [0, 0.05) is 30.3 Å². The Bertz CT molecular complexity index is 617. The summed E-state index contributed by atoms with van der Waals surface area (Å²) in [7, 11) is -3.84. The molecule has 1 aromatic carbocycles. The molecule has 1 fully saturated rings. The molecule has 1 aromatic rings. The maximum absolute atomic E-state index is 12.2. The number of anilines is 1. The van der Waals surface area contributed by atoms with Crippen LogP contribution >= 0.6 is 27.5 Å². The van der Waals surface area contributed by atoms with Gasteiger partial charge in [-0.1, -0.05) is 11.6 Å². The minimum atomic E-state index is -3.84. The largest absolute Gasteiger partial charge is 0.398 e. The molecule has 4 N–H and O–H groups in total. The molecule has 20 heavy (non-hydrogen) atoms. The van der Waals surface area contributed by atoms with Crippen LogP contribution < -0.4 is 10.5 Å². The number of nitrogen functional groups attached to an aromatic ring is 1. The first kappa shape index (κ1) is 16.0. The molecule has 2 rings (SSSR count). The van der Waals surface area contributed by atoms with Crippen molar-refractivity contribution in [3.05, 3.63) is 21.6 Å². The van der Waals surface area contributed by atoms with Gasteiger partial charge in [0.2, 0.25) is 10.0 Å². The Kier molecular flexibility index (Phi) is 4.63. The van der Waals surface area contributed by atoms with Gasteiger partial charge in [-0.05, 0) is 28.1 Å². The molecule has 0 bridgehead atoms. The van der Waals surface area contributed by atoms with Gasteiger partial charge in [-0.25, -0.2) is 13.1 Å². The fourth-order valence-electron chi connectivity index (χ4n) is 1.82. The highest BCUT2D eigenvalue weighted by Crippen LogP contribution is 2.31. The number of benzene rings is 1. The van der Waals surface area contributed by atoms with Crippen LogP contribution in [0.4, 0.5) is 5.69 Å². The van der Waals surface area contributed by atoms with E-state index in [1.165, 1.54) is 12.1 Å². The van der Waals surface area contributed by atoms with Crippen molar-refractivity contribution in [2.24, 2.45) is 0 Å². The van der Waals surface area contributed by atoms with Crippen LogP contribution in [0.2, 0.25) is 5.02 Å². The average Bonchev–Trinajstić information content (AvgIpc) is 2.79. The van der Waals surface area contributed by atoms with Crippen molar-refractivity contribution >= 4 is 43.2 Å². The lowest BCUT2D eigenvalue weighted by molar-refractivity contribution is 0.0314. The molecule has 6 nitrogen and oxygen atoms in total. The zero-order chi connectivity index (χ0) is 15.0. The van der Waals surface area contributed by atoms with Gasteiger partial charge in [0.25, 0.3) is 0 Å². The van der Waals surface area contributed by atoms with E-state index in [1.807, 2.05) is 0 Å². The van der Waals surface area contributed by atoms with E-state index in [1.54, 1.807) is 0 Å². The van der Waals surface area contributed by atoms with Gasteiger partial charge in [0.15, 0.2) is 0 Å². The maximum Gasteiger partial charge on any atom is 0.241 e. The first-order chi connectivity index (χ1) is 9.23. The molecule has 0 amide bonds. The zero-order valence-electron chi connectivity index (χ0n) is 10.4. The zero-order valence-corrected chi connectivity index (χ0v) is 13.6. The molecule has 1 heterocycles. The van der Waals surface area contributed by atoms with Gasteiger partial charge >= 0.3 is 0 Å². The Morgan fingerprint density at radius 1 is 1.55 bits per heavy atom. The third kappa shape index (κ3) is 3.44. The van der Waals surface area contributed by atoms with Crippen LogP contribution in [0.5, 0.6) is 0 Å². The van der Waals surface area contributed by atoms with Crippen molar-refractivity contribution in [3.63, 3.8) is 0 Å². The molecule has 0 spiro atoms. The molecule has 1 unspecified atom stereocenters. The molecule has 0 saturated carbocycles. The summed E-state index contributed by atoms with van der Waals surface area (Å²) in [4.78, 5) is -0.0648. The molecule has 0 aliphatic carbocycles. The highest BCUT2D eigenvalue weighted by atomic mass is 79.9. The highest BCUT2D eigenvalue weighted by molar-refractivity contribution is 9.10. The second kappa shape index (κ2) is 5.78. The Labute approximate surface area is 130 Å². The summed E-state index contributed by atoms with van der Waals surface area (Å²) in [6, 6.07) is 2.74. The summed E-state index contributed by atoms with van der Waals surface area (Å²) >= 11 is 8.95. The topological polar surface area (TPSA) is 102 Å². The molecule has 1 atom stereocenters. The standard InChI is InChI=1S/C11H14BrClN2O4S/c12-10-8(14)3-7(13)4-9(10)20(17,18)15-5-11(16)1-2-19-6-11/h3-4,15-16H,1-2,5-6,14H2. The lowest BCUT2D eigenvalue weighted by Crippen LogP contribution is -2.43. The van der Waals surface area contributed by atoms with E-state index in [-0.39, 0.29) is 33.2 Å². The van der Waals surface area contributed by atoms with Gasteiger partial charge in [-0.2, -0.15) is 0 Å². The Hall–Kier alpha value is -0.380. The molecule has 9 heteroatoms. The quantitative estimate of drug-likeness (QED) is 0.674. The molecule has 0 radical (unpaired) electrons. The van der Waals surface area contributed by atoms with Crippen LogP contribution in [0, 0.1) is 0 Å². The maximum atomic E-state index is 12.2. The van der Waals surface area contributed by atoms with Crippen LogP contribution in [0.3, 0.4) is 0 Å². The smallest absolute Gasteiger partial charge is 0.241 e. The van der Waals surface area contributed by atoms with E-state index in [9.17, 15) is 13.5 Å². The fraction of sp³-hybridized carbons (Fsp3) is 0.455. The van der Waals surface area contributed by atoms with Crippen LogP contribution in [-0.2, 0) is 14.8 Å². The van der Waals surface area contributed by atoms with E-state index in [0.29, 0.717) is 13.0 Å². The number of sulfonamides is 1. The van der Waals surface area contributed by atoms with E-state index in [2.05, 4.69) is 20.7 Å². The van der Waals surface area contributed by atoms with Crippen molar-refractivity contribution in [1.29, 1.82) is 0 Å². The van der Waals surface area contributed by atoms with Crippen molar-refractivity contribution in [2.75, 3.05) is 25.5 Å². The summed E-state index contributed by atoms with van der Waals surface area (Å²) in [5.41, 5.74) is 4.72. The van der Waals surface area contributed by atoms with Crippen molar-refractivity contribution in [2.45, 2.75) is 16.9 Å². The Morgan fingerprint density at radius 2 is 2.25 bits per heavy atom. The van der Waals surface area contributed by atoms with Gasteiger partial charge in [-0.3, -0.25) is 0 Å². The number of rotatable bonds is 4. The molecule has 0 aromatic heterocycles. The number of hydrogen-bond acceptors (Lipinski definition) is 5. The first-order valence-corrected chi connectivity index (χ1v) is 8.43. The molecular formula is C11H14BrClN2O4S. The lowest BCUT2D eigenvalue weighted by Gasteiger charge is -2.21. The lowest BCUT2D eigenvalue weighted by atomic mass is 10.1. The molecule has 1 saturated heterocycles. The molecule has 1 aliphatic heterocycles. The second-order valence-electron chi connectivity index (χ2n) is 4.66. The van der Waals surface area contributed by atoms with Crippen molar-refractivity contribution in [3.8, 4) is 0 Å². The molecular weight excluding hydrogens is 372 g/mol. The minimum Gasteiger partial charge on any atom is -0.398 e. The second-order valence-corrected chi connectivity index (χ2v) is 7.62. The monoisotopic (exact) mass is 384 g/mol. The molecule has 112 valence electrons. The number of hydrogen-bond donors (Lipinski definition) is 3. The van der Waals surface area contributed by atoms with Crippen LogP contribution in [-0.4, -0.2) is 38.9 Å². The van der Waals surface area contributed by atoms with E-state index >= 15 is 0 Å².